The molecule has 7 nitrogen and oxygen atoms in total. The van der Waals surface area contributed by atoms with Crippen LogP contribution < -0.4 is 0 Å². The second-order valence-electron chi connectivity index (χ2n) is 8.44. The average molecular weight is 470 g/mol. The molecule has 0 saturated heterocycles. The SMILES string of the molecule is CC(C)(C)CN(Cc1cc(-c2cccnc2C#N)c(S(=O)(=O)c2ccccc2)s1)C(=O)O. The number of hydrogen-bond acceptors (Lipinski definition) is 6. The van der Waals surface area contributed by atoms with Gasteiger partial charge in [-0.3, -0.25) is 0 Å². The largest absolute Gasteiger partial charge is 0.465 e. The second-order valence-corrected chi connectivity index (χ2v) is 11.7. The summed E-state index contributed by atoms with van der Waals surface area (Å²) in [6.07, 6.45) is 0.386. The van der Waals surface area contributed by atoms with Crippen LogP contribution >= 0.6 is 11.3 Å². The molecular weight excluding hydrogens is 446 g/mol. The fourth-order valence-electron chi connectivity index (χ4n) is 3.26. The summed E-state index contributed by atoms with van der Waals surface area (Å²) in [7, 11) is -3.90. The number of benzene rings is 1. The summed E-state index contributed by atoms with van der Waals surface area (Å²) in [6.45, 7) is 6.12. The topological polar surface area (TPSA) is 111 Å². The molecule has 32 heavy (non-hydrogen) atoms. The molecule has 9 heteroatoms. The molecule has 0 saturated carbocycles. The van der Waals surface area contributed by atoms with Crippen LogP contribution in [0, 0.1) is 16.7 Å². The fourth-order valence-corrected chi connectivity index (χ4v) is 6.41. The molecule has 0 fully saturated rings. The van der Waals surface area contributed by atoms with Gasteiger partial charge in [-0.15, -0.1) is 11.3 Å². The zero-order valence-electron chi connectivity index (χ0n) is 17.9. The highest BCUT2D eigenvalue weighted by Crippen LogP contribution is 2.39. The lowest BCUT2D eigenvalue weighted by atomic mass is 9.96. The Labute approximate surface area is 191 Å². The van der Waals surface area contributed by atoms with Crippen LogP contribution in [0.5, 0.6) is 0 Å². The third-order valence-corrected chi connectivity index (χ3v) is 7.96. The van der Waals surface area contributed by atoms with Gasteiger partial charge in [0.15, 0.2) is 0 Å². The van der Waals surface area contributed by atoms with Gasteiger partial charge in [0.1, 0.15) is 16.0 Å². The molecule has 3 aromatic rings. The predicted molar refractivity (Wildman–Crippen MR) is 122 cm³/mol. The first-order chi connectivity index (χ1) is 15.0. The molecule has 0 aliphatic carbocycles. The normalized spacial score (nSPS) is 11.7. The molecular formula is C23H23N3O4S2. The van der Waals surface area contributed by atoms with Crippen molar-refractivity contribution < 1.29 is 18.3 Å². The van der Waals surface area contributed by atoms with E-state index < -0.39 is 15.9 Å². The number of thiophene rings is 1. The van der Waals surface area contributed by atoms with Gasteiger partial charge >= 0.3 is 6.09 Å². The summed E-state index contributed by atoms with van der Waals surface area (Å²) >= 11 is 1.02. The van der Waals surface area contributed by atoms with Gasteiger partial charge in [-0.2, -0.15) is 5.26 Å². The van der Waals surface area contributed by atoms with E-state index in [0.717, 1.165) is 11.3 Å². The average Bonchev–Trinajstić information content (AvgIpc) is 3.17. The van der Waals surface area contributed by atoms with Crippen LogP contribution in [0.25, 0.3) is 11.1 Å². The molecule has 0 bridgehead atoms. The van der Waals surface area contributed by atoms with Crippen LogP contribution in [0.2, 0.25) is 0 Å². The van der Waals surface area contributed by atoms with Gasteiger partial charge in [-0.1, -0.05) is 39.0 Å². The van der Waals surface area contributed by atoms with Crippen LogP contribution in [0.3, 0.4) is 0 Å². The molecule has 3 rings (SSSR count). The lowest BCUT2D eigenvalue weighted by Gasteiger charge is -2.27. The van der Waals surface area contributed by atoms with E-state index in [1.807, 2.05) is 26.8 Å². The number of hydrogen-bond donors (Lipinski definition) is 1. The molecule has 0 unspecified atom stereocenters. The molecule has 0 radical (unpaired) electrons. The quantitative estimate of drug-likeness (QED) is 0.541. The van der Waals surface area contributed by atoms with Gasteiger partial charge in [-0.05, 0) is 35.7 Å². The van der Waals surface area contributed by atoms with Crippen molar-refractivity contribution in [1.82, 2.24) is 9.88 Å². The molecule has 0 aliphatic rings. The molecule has 0 atom stereocenters. The number of nitrogens with zero attached hydrogens (tertiary/aromatic N) is 3. The minimum absolute atomic E-state index is 0.0384. The predicted octanol–water partition coefficient (Wildman–Crippen LogP) is 5.04. The van der Waals surface area contributed by atoms with E-state index in [0.29, 0.717) is 16.0 Å². The molecule has 0 aliphatic heterocycles. The third-order valence-electron chi connectivity index (χ3n) is 4.53. The van der Waals surface area contributed by atoms with E-state index in [4.69, 9.17) is 0 Å². The van der Waals surface area contributed by atoms with Gasteiger partial charge in [0.2, 0.25) is 9.84 Å². The van der Waals surface area contributed by atoms with Crippen LogP contribution in [0.15, 0.2) is 63.8 Å². The molecule has 2 heterocycles. The lowest BCUT2D eigenvalue weighted by molar-refractivity contribution is 0.123. The van der Waals surface area contributed by atoms with E-state index in [1.54, 1.807) is 36.4 Å². The number of aromatic nitrogens is 1. The second kappa shape index (κ2) is 9.10. The summed E-state index contributed by atoms with van der Waals surface area (Å²) < 4.78 is 27.0. The maximum atomic E-state index is 13.5. The van der Waals surface area contributed by atoms with Crippen LogP contribution in [-0.4, -0.2) is 36.0 Å². The first-order valence-electron chi connectivity index (χ1n) is 9.79. The first kappa shape index (κ1) is 23.4. The summed E-state index contributed by atoms with van der Waals surface area (Å²) in [5.41, 5.74) is 0.574. The zero-order chi connectivity index (χ0) is 23.5. The number of carbonyl (C=O) groups is 1. The highest BCUT2D eigenvalue weighted by molar-refractivity contribution is 7.93. The monoisotopic (exact) mass is 469 g/mol. The van der Waals surface area contributed by atoms with Crippen molar-refractivity contribution in [2.24, 2.45) is 5.41 Å². The summed E-state index contributed by atoms with van der Waals surface area (Å²) in [4.78, 5) is 17.8. The maximum absolute atomic E-state index is 13.5. The van der Waals surface area contributed by atoms with E-state index in [1.165, 1.54) is 23.2 Å². The number of rotatable bonds is 6. The maximum Gasteiger partial charge on any atom is 0.407 e. The Kier molecular flexibility index (Phi) is 6.67. The molecule has 166 valence electrons. The van der Waals surface area contributed by atoms with Crippen molar-refractivity contribution in [2.75, 3.05) is 6.54 Å². The van der Waals surface area contributed by atoms with Gasteiger partial charge < -0.3 is 10.0 Å². The Morgan fingerprint density at radius 1 is 1.16 bits per heavy atom. The van der Waals surface area contributed by atoms with Crippen molar-refractivity contribution in [3.05, 3.63) is 65.3 Å². The van der Waals surface area contributed by atoms with Crippen molar-refractivity contribution in [3.63, 3.8) is 0 Å². The molecule has 2 aromatic heterocycles. The zero-order valence-corrected chi connectivity index (χ0v) is 19.6. The molecule has 0 spiro atoms. The van der Waals surface area contributed by atoms with E-state index in [9.17, 15) is 23.6 Å². The Balaban J connectivity index is 2.17. The Hall–Kier alpha value is -3.22. The van der Waals surface area contributed by atoms with Crippen molar-refractivity contribution in [2.45, 2.75) is 36.4 Å². The first-order valence-corrected chi connectivity index (χ1v) is 12.1. The number of pyridine rings is 1. The molecule has 1 N–H and O–H groups in total. The van der Waals surface area contributed by atoms with E-state index >= 15 is 0 Å². The van der Waals surface area contributed by atoms with Crippen LogP contribution in [-0.2, 0) is 16.4 Å². The Bertz CT molecular complexity index is 1270. The minimum Gasteiger partial charge on any atom is -0.465 e. The van der Waals surface area contributed by atoms with Crippen molar-refractivity contribution in [1.29, 1.82) is 5.26 Å². The fraction of sp³-hybridized carbons (Fsp3) is 0.261. The summed E-state index contributed by atoms with van der Waals surface area (Å²) in [5, 5.41) is 19.2. The Morgan fingerprint density at radius 2 is 1.84 bits per heavy atom. The van der Waals surface area contributed by atoms with Gasteiger partial charge in [0.05, 0.1) is 11.4 Å². The third kappa shape index (κ3) is 5.15. The number of sulfone groups is 1. The Morgan fingerprint density at radius 3 is 2.44 bits per heavy atom. The van der Waals surface area contributed by atoms with Gasteiger partial charge in [-0.25, -0.2) is 18.2 Å². The van der Waals surface area contributed by atoms with E-state index in [2.05, 4.69) is 4.98 Å². The molecule has 1 aromatic carbocycles. The van der Waals surface area contributed by atoms with Crippen LogP contribution in [0.4, 0.5) is 4.79 Å². The summed E-state index contributed by atoms with van der Waals surface area (Å²) in [5.74, 6) is 0. The van der Waals surface area contributed by atoms with Crippen molar-refractivity contribution >= 4 is 27.3 Å². The number of carboxylic acid groups (broad SMARTS) is 1. The standard InChI is InChI=1S/C23H23N3O4S2/c1-23(2,3)15-26(22(27)28)14-16-12-19(18-10-7-11-25-20(18)13-24)21(31-16)32(29,30)17-8-5-4-6-9-17/h4-12H,14-15H2,1-3H3,(H,27,28). The lowest BCUT2D eigenvalue weighted by Crippen LogP contribution is -2.36. The van der Waals surface area contributed by atoms with Gasteiger partial charge in [0, 0.05) is 28.7 Å². The van der Waals surface area contributed by atoms with Crippen molar-refractivity contribution in [3.8, 4) is 17.2 Å². The summed E-state index contributed by atoms with van der Waals surface area (Å²) in [6, 6.07) is 15.0. The molecule has 1 amide bonds. The number of amides is 1. The smallest absolute Gasteiger partial charge is 0.407 e. The van der Waals surface area contributed by atoms with Gasteiger partial charge in [0.25, 0.3) is 0 Å². The minimum atomic E-state index is -3.90. The van der Waals surface area contributed by atoms with E-state index in [-0.39, 0.29) is 33.3 Å². The van der Waals surface area contributed by atoms with Crippen LogP contribution in [0.1, 0.15) is 31.3 Å². The highest BCUT2D eigenvalue weighted by Gasteiger charge is 2.28. The number of nitriles is 1. The highest BCUT2D eigenvalue weighted by atomic mass is 32.2.